The van der Waals surface area contributed by atoms with E-state index in [9.17, 15) is 18.0 Å². The van der Waals surface area contributed by atoms with Crippen LogP contribution in [0.15, 0.2) is 79.3 Å². The molecule has 1 unspecified atom stereocenters. The lowest BCUT2D eigenvalue weighted by Gasteiger charge is -2.21. The van der Waals surface area contributed by atoms with Gasteiger partial charge in [0.25, 0.3) is 0 Å². The van der Waals surface area contributed by atoms with E-state index in [0.29, 0.717) is 12.8 Å². The van der Waals surface area contributed by atoms with Gasteiger partial charge in [-0.2, -0.15) is 4.57 Å². The van der Waals surface area contributed by atoms with E-state index in [1.165, 1.54) is 17.7 Å². The van der Waals surface area contributed by atoms with Crippen molar-refractivity contribution in [3.63, 3.8) is 0 Å². The zero-order valence-electron chi connectivity index (χ0n) is 17.0. The van der Waals surface area contributed by atoms with E-state index < -0.39 is 12.4 Å². The molecule has 0 amide bonds. The Labute approximate surface area is 182 Å². The molecule has 2 heterocycles. The molecule has 0 radical (unpaired) electrons. The molecule has 0 fully saturated rings. The van der Waals surface area contributed by atoms with Crippen molar-refractivity contribution in [1.29, 1.82) is 0 Å². The minimum atomic E-state index is -4.79. The van der Waals surface area contributed by atoms with E-state index in [4.69, 9.17) is 0 Å². The summed E-state index contributed by atoms with van der Waals surface area (Å²) < 4.78 is 45.8. The standard InChI is InChI=1S/C25H20F3N2O2/c26-25(27,28)32-20-8-6-18-7-9-23(24(31)21(18)14-20)30-13-11-22-19(16-30)10-12-29(22)15-17-4-2-1-3-5-17/h1-6,8,10-14,16,23H,7,9,15H2/q+1. The third kappa shape index (κ3) is 3.98. The highest BCUT2D eigenvalue weighted by atomic mass is 19.4. The molecule has 1 aliphatic rings. The number of nitrogens with zero attached hydrogens (tertiary/aromatic N) is 2. The largest absolute Gasteiger partial charge is 0.573 e. The van der Waals surface area contributed by atoms with E-state index in [1.54, 1.807) is 6.07 Å². The number of ether oxygens (including phenoxy) is 1. The summed E-state index contributed by atoms with van der Waals surface area (Å²) in [6.07, 6.45) is 2.22. The zero-order chi connectivity index (χ0) is 22.3. The maximum absolute atomic E-state index is 13.2. The van der Waals surface area contributed by atoms with Crippen LogP contribution in [0, 0.1) is 0 Å². The van der Waals surface area contributed by atoms with Crippen molar-refractivity contribution in [1.82, 2.24) is 4.57 Å². The number of pyridine rings is 1. The minimum Gasteiger partial charge on any atom is -0.406 e. The summed E-state index contributed by atoms with van der Waals surface area (Å²) in [6, 6.07) is 17.7. The minimum absolute atomic E-state index is 0.202. The Bertz CT molecular complexity index is 1300. The maximum Gasteiger partial charge on any atom is 0.573 e. The summed E-state index contributed by atoms with van der Waals surface area (Å²) in [5.41, 5.74) is 3.28. The summed E-state index contributed by atoms with van der Waals surface area (Å²) in [5.74, 6) is -0.573. The van der Waals surface area contributed by atoms with Crippen molar-refractivity contribution in [3.8, 4) is 5.75 Å². The van der Waals surface area contributed by atoms with E-state index in [0.717, 1.165) is 23.0 Å². The third-order valence-electron chi connectivity index (χ3n) is 5.86. The molecule has 0 bridgehead atoms. The summed E-state index contributed by atoms with van der Waals surface area (Å²) >= 11 is 0. The van der Waals surface area contributed by atoms with Crippen LogP contribution < -0.4 is 9.30 Å². The Morgan fingerprint density at radius 3 is 2.66 bits per heavy atom. The molecule has 0 saturated carbocycles. The Morgan fingerprint density at radius 1 is 1.06 bits per heavy atom. The van der Waals surface area contributed by atoms with Gasteiger partial charge in [0.15, 0.2) is 12.4 Å². The third-order valence-corrected chi connectivity index (χ3v) is 5.86. The topological polar surface area (TPSA) is 35.1 Å². The summed E-state index contributed by atoms with van der Waals surface area (Å²) in [6.45, 7) is 0.742. The average Bonchev–Trinajstić information content (AvgIpc) is 3.16. The van der Waals surface area contributed by atoms with Crippen LogP contribution in [0.4, 0.5) is 13.2 Å². The second-order valence-corrected chi connectivity index (χ2v) is 7.95. The van der Waals surface area contributed by atoms with Gasteiger partial charge in [-0.3, -0.25) is 4.79 Å². The predicted molar refractivity (Wildman–Crippen MR) is 112 cm³/mol. The van der Waals surface area contributed by atoms with Crippen molar-refractivity contribution in [3.05, 3.63) is 95.9 Å². The van der Waals surface area contributed by atoms with Gasteiger partial charge in [0.2, 0.25) is 11.8 Å². The highest BCUT2D eigenvalue weighted by Gasteiger charge is 2.36. The molecule has 2 aromatic carbocycles. The molecule has 0 aliphatic heterocycles. The SMILES string of the molecule is O=C1c2cc(OC(F)(F)F)ccc2CCC1[n+]1ccc2c(ccn2Cc2ccccc2)c1. The second kappa shape index (κ2) is 7.82. The van der Waals surface area contributed by atoms with E-state index in [2.05, 4.69) is 21.4 Å². The van der Waals surface area contributed by atoms with Crippen LogP contribution in [-0.2, 0) is 13.0 Å². The van der Waals surface area contributed by atoms with Crippen molar-refractivity contribution in [2.45, 2.75) is 31.8 Å². The number of hydrogen-bond donors (Lipinski definition) is 0. The molecule has 4 nitrogen and oxygen atoms in total. The molecule has 0 spiro atoms. The van der Waals surface area contributed by atoms with E-state index in [-0.39, 0.29) is 17.1 Å². The number of carbonyl (C=O) groups excluding carboxylic acids is 1. The molecule has 162 valence electrons. The number of aromatic nitrogens is 2. The van der Waals surface area contributed by atoms with Gasteiger partial charge < -0.3 is 9.30 Å². The number of halogens is 3. The number of rotatable bonds is 4. The fraction of sp³-hybridized carbons (Fsp3) is 0.200. The Morgan fingerprint density at radius 2 is 1.88 bits per heavy atom. The first-order valence-corrected chi connectivity index (χ1v) is 10.3. The molecule has 1 atom stereocenters. The lowest BCUT2D eigenvalue weighted by atomic mass is 9.86. The van der Waals surface area contributed by atoms with Gasteiger partial charge in [-0.05, 0) is 35.7 Å². The smallest absolute Gasteiger partial charge is 0.406 e. The van der Waals surface area contributed by atoms with Gasteiger partial charge >= 0.3 is 6.36 Å². The lowest BCUT2D eigenvalue weighted by molar-refractivity contribution is -0.707. The Balaban J connectivity index is 1.42. The van der Waals surface area contributed by atoms with E-state index >= 15 is 0 Å². The number of fused-ring (bicyclic) bond motifs is 2. The average molecular weight is 437 g/mol. The number of hydrogen-bond acceptors (Lipinski definition) is 2. The highest BCUT2D eigenvalue weighted by Crippen LogP contribution is 2.31. The number of aryl methyl sites for hydroxylation is 1. The molecular formula is C25H20F3N2O2+. The Kier molecular flexibility index (Phi) is 4.96. The summed E-state index contributed by atoms with van der Waals surface area (Å²) in [7, 11) is 0. The fourth-order valence-corrected chi connectivity index (χ4v) is 4.36. The van der Waals surface area contributed by atoms with Crippen molar-refractivity contribution in [2.24, 2.45) is 0 Å². The first-order valence-electron chi connectivity index (χ1n) is 10.3. The van der Waals surface area contributed by atoms with Gasteiger partial charge in [0.1, 0.15) is 5.75 Å². The normalized spacial score (nSPS) is 16.2. The van der Waals surface area contributed by atoms with E-state index in [1.807, 2.05) is 53.5 Å². The van der Waals surface area contributed by atoms with Crippen LogP contribution in [-0.4, -0.2) is 16.7 Å². The number of alkyl halides is 3. The molecule has 7 heteroatoms. The zero-order valence-corrected chi connectivity index (χ0v) is 17.0. The first-order chi connectivity index (χ1) is 15.4. The lowest BCUT2D eigenvalue weighted by Crippen LogP contribution is -2.45. The van der Waals surface area contributed by atoms with Crippen LogP contribution >= 0.6 is 0 Å². The van der Waals surface area contributed by atoms with Crippen molar-refractivity contribution in [2.75, 3.05) is 0 Å². The quantitative estimate of drug-likeness (QED) is 0.409. The maximum atomic E-state index is 13.2. The molecule has 0 saturated heterocycles. The molecule has 4 aromatic rings. The summed E-state index contributed by atoms with van der Waals surface area (Å²) in [4.78, 5) is 13.2. The molecule has 32 heavy (non-hydrogen) atoms. The van der Waals surface area contributed by atoms with Gasteiger partial charge in [0.05, 0.1) is 10.9 Å². The van der Waals surface area contributed by atoms with Gasteiger partial charge in [-0.15, -0.1) is 13.2 Å². The first kappa shape index (κ1) is 20.3. The number of benzene rings is 2. The van der Waals surface area contributed by atoms with Crippen LogP contribution in [0.1, 0.15) is 33.9 Å². The molecule has 5 rings (SSSR count). The second-order valence-electron chi connectivity index (χ2n) is 7.95. The molecular weight excluding hydrogens is 417 g/mol. The molecule has 0 N–H and O–H groups in total. The highest BCUT2D eigenvalue weighted by molar-refractivity contribution is 6.00. The van der Waals surface area contributed by atoms with Crippen LogP contribution in [0.3, 0.4) is 0 Å². The summed E-state index contributed by atoms with van der Waals surface area (Å²) in [5, 5.41) is 0.996. The number of Topliss-reactive ketones (excluding diaryl/α,β-unsaturated/α-hetero) is 1. The monoisotopic (exact) mass is 437 g/mol. The number of carbonyl (C=O) groups is 1. The van der Waals surface area contributed by atoms with Crippen LogP contribution in [0.5, 0.6) is 5.75 Å². The van der Waals surface area contributed by atoms with Gasteiger partial charge in [-0.1, -0.05) is 36.4 Å². The van der Waals surface area contributed by atoms with Gasteiger partial charge in [-0.25, -0.2) is 0 Å². The van der Waals surface area contributed by atoms with Crippen molar-refractivity contribution < 1.29 is 27.3 Å². The predicted octanol–water partition coefficient (Wildman–Crippen LogP) is 5.25. The van der Waals surface area contributed by atoms with Gasteiger partial charge in [0, 0.05) is 30.8 Å². The molecule has 1 aliphatic carbocycles. The number of ketones is 1. The Hall–Kier alpha value is -3.61. The fourth-order valence-electron chi connectivity index (χ4n) is 4.36. The molecule has 2 aromatic heterocycles. The van der Waals surface area contributed by atoms with Crippen molar-refractivity contribution >= 4 is 16.7 Å². The van der Waals surface area contributed by atoms with Crippen LogP contribution in [0.2, 0.25) is 0 Å². The van der Waals surface area contributed by atoms with Crippen LogP contribution in [0.25, 0.3) is 10.9 Å².